The molecule has 0 amide bonds. The molecule has 0 saturated carbocycles. The van der Waals surface area contributed by atoms with Crippen LogP contribution < -0.4 is 5.32 Å². The van der Waals surface area contributed by atoms with Gasteiger partial charge in [-0.05, 0) is 48.3 Å². The summed E-state index contributed by atoms with van der Waals surface area (Å²) in [6.45, 7) is 3.86. The molecule has 0 radical (unpaired) electrons. The van der Waals surface area contributed by atoms with Gasteiger partial charge in [-0.3, -0.25) is 4.90 Å². The Morgan fingerprint density at radius 3 is 2.59 bits per heavy atom. The lowest BCUT2D eigenvalue weighted by Crippen LogP contribution is -2.49. The molecule has 2 aromatic carbocycles. The number of fused-ring (bicyclic) bond motifs is 1. The Bertz CT molecular complexity index is 848. The zero-order valence-corrected chi connectivity index (χ0v) is 15.9. The van der Waals surface area contributed by atoms with Crippen LogP contribution >= 0.6 is 12.2 Å². The molecule has 0 aromatic heterocycles. The molecule has 0 bridgehead atoms. The van der Waals surface area contributed by atoms with Gasteiger partial charge in [-0.25, -0.2) is 4.79 Å². The maximum atomic E-state index is 11.2. The van der Waals surface area contributed by atoms with Crippen LogP contribution in [0.15, 0.2) is 48.5 Å². The second kappa shape index (κ2) is 7.66. The van der Waals surface area contributed by atoms with Gasteiger partial charge < -0.3 is 15.3 Å². The zero-order valence-electron chi connectivity index (χ0n) is 15.1. The molecule has 0 aliphatic carbocycles. The van der Waals surface area contributed by atoms with Crippen molar-refractivity contribution < 1.29 is 9.90 Å². The molecule has 1 saturated heterocycles. The lowest BCUT2D eigenvalue weighted by atomic mass is 10.00. The van der Waals surface area contributed by atoms with Crippen molar-refractivity contribution in [1.82, 2.24) is 9.80 Å². The van der Waals surface area contributed by atoms with Crippen molar-refractivity contribution in [3.05, 3.63) is 65.2 Å². The van der Waals surface area contributed by atoms with E-state index in [-0.39, 0.29) is 5.56 Å². The predicted octanol–water partition coefficient (Wildman–Crippen LogP) is 3.56. The Kier molecular flexibility index (Phi) is 5.09. The van der Waals surface area contributed by atoms with E-state index in [1.807, 2.05) is 6.07 Å². The molecular weight excluding hydrogens is 358 g/mol. The minimum Gasteiger partial charge on any atom is -0.478 e. The molecule has 2 aromatic rings. The van der Waals surface area contributed by atoms with E-state index < -0.39 is 5.97 Å². The highest BCUT2D eigenvalue weighted by molar-refractivity contribution is 7.80. The number of thiocarbonyl (C=S) groups is 1. The minimum atomic E-state index is -0.918. The maximum absolute atomic E-state index is 11.2. The van der Waals surface area contributed by atoms with E-state index in [0.29, 0.717) is 11.2 Å². The monoisotopic (exact) mass is 381 g/mol. The minimum absolute atomic E-state index is 0.284. The van der Waals surface area contributed by atoms with Gasteiger partial charge in [0.25, 0.3) is 0 Å². The van der Waals surface area contributed by atoms with Crippen molar-refractivity contribution in [3.63, 3.8) is 0 Å². The summed E-state index contributed by atoms with van der Waals surface area (Å²) in [7, 11) is 0. The van der Waals surface area contributed by atoms with Crippen LogP contribution in [0.1, 0.15) is 34.3 Å². The molecule has 5 nitrogen and oxygen atoms in total. The largest absolute Gasteiger partial charge is 0.478 e. The SMILES string of the molecule is O=C(O)c1ccc2c(c1)NC(=S)N(C1CCN(Cc3ccccc3)CC1)C2. The van der Waals surface area contributed by atoms with Crippen LogP contribution in [0.4, 0.5) is 5.69 Å². The van der Waals surface area contributed by atoms with E-state index in [0.717, 1.165) is 50.3 Å². The van der Waals surface area contributed by atoms with Crippen LogP contribution in [-0.4, -0.2) is 45.1 Å². The number of carboxylic acid groups (broad SMARTS) is 1. The Labute approximate surface area is 164 Å². The molecule has 6 heteroatoms. The third-order valence-corrected chi connectivity index (χ3v) is 5.78. The quantitative estimate of drug-likeness (QED) is 0.790. The van der Waals surface area contributed by atoms with Crippen LogP contribution in [-0.2, 0) is 13.1 Å². The highest BCUT2D eigenvalue weighted by Gasteiger charge is 2.29. The number of hydrogen-bond donors (Lipinski definition) is 2. The maximum Gasteiger partial charge on any atom is 0.335 e. The highest BCUT2D eigenvalue weighted by Crippen LogP contribution is 2.29. The molecule has 140 valence electrons. The van der Waals surface area contributed by atoms with Crippen LogP contribution in [0.3, 0.4) is 0 Å². The molecule has 2 aliphatic rings. The first-order chi connectivity index (χ1) is 13.1. The first-order valence-electron chi connectivity index (χ1n) is 9.30. The van der Waals surface area contributed by atoms with Gasteiger partial charge in [0.1, 0.15) is 0 Å². The third-order valence-electron chi connectivity index (χ3n) is 5.45. The van der Waals surface area contributed by atoms with Gasteiger partial charge in [-0.2, -0.15) is 0 Å². The van der Waals surface area contributed by atoms with E-state index in [4.69, 9.17) is 17.3 Å². The summed E-state index contributed by atoms with van der Waals surface area (Å²) in [6.07, 6.45) is 2.16. The topological polar surface area (TPSA) is 55.8 Å². The Balaban J connectivity index is 1.39. The number of carboxylic acids is 1. The van der Waals surface area contributed by atoms with Gasteiger partial charge in [-0.15, -0.1) is 0 Å². The van der Waals surface area contributed by atoms with Gasteiger partial charge >= 0.3 is 5.97 Å². The van der Waals surface area contributed by atoms with Crippen LogP contribution in [0, 0.1) is 0 Å². The van der Waals surface area contributed by atoms with Crippen molar-refractivity contribution in [2.45, 2.75) is 32.0 Å². The average molecular weight is 382 g/mol. The fraction of sp³-hybridized carbons (Fsp3) is 0.333. The Morgan fingerprint density at radius 1 is 1.15 bits per heavy atom. The Hall–Kier alpha value is -2.44. The second-order valence-corrected chi connectivity index (χ2v) is 7.61. The number of piperidine rings is 1. The van der Waals surface area contributed by atoms with E-state index in [1.165, 1.54) is 5.56 Å². The fourth-order valence-electron chi connectivity index (χ4n) is 3.93. The Morgan fingerprint density at radius 2 is 1.89 bits per heavy atom. The van der Waals surface area contributed by atoms with Crippen molar-refractivity contribution in [3.8, 4) is 0 Å². The molecule has 27 heavy (non-hydrogen) atoms. The average Bonchev–Trinajstić information content (AvgIpc) is 2.68. The predicted molar refractivity (Wildman–Crippen MR) is 110 cm³/mol. The van der Waals surface area contributed by atoms with E-state index in [1.54, 1.807) is 12.1 Å². The van der Waals surface area contributed by atoms with Crippen LogP contribution in [0.5, 0.6) is 0 Å². The third kappa shape index (κ3) is 3.96. The normalized spacial score (nSPS) is 18.1. The number of nitrogens with zero attached hydrogens (tertiary/aromatic N) is 2. The molecule has 2 aliphatic heterocycles. The number of nitrogens with one attached hydrogen (secondary N) is 1. The zero-order chi connectivity index (χ0) is 18.8. The molecular formula is C21H23N3O2S. The van der Waals surface area contributed by atoms with E-state index in [2.05, 4.69) is 45.4 Å². The summed E-state index contributed by atoms with van der Waals surface area (Å²) in [4.78, 5) is 15.9. The molecule has 2 N–H and O–H groups in total. The van der Waals surface area contributed by atoms with Crippen molar-refractivity contribution in [2.24, 2.45) is 0 Å². The number of aromatic carboxylic acids is 1. The number of carbonyl (C=O) groups is 1. The van der Waals surface area contributed by atoms with Gasteiger partial charge in [-0.1, -0.05) is 36.4 Å². The molecule has 1 fully saturated rings. The smallest absolute Gasteiger partial charge is 0.335 e. The molecule has 2 heterocycles. The van der Waals surface area contributed by atoms with Gasteiger partial charge in [0.05, 0.1) is 5.56 Å². The number of likely N-dealkylation sites (tertiary alicyclic amines) is 1. The number of benzene rings is 2. The summed E-state index contributed by atoms with van der Waals surface area (Å²) in [6, 6.07) is 16.2. The molecule has 0 spiro atoms. The van der Waals surface area contributed by atoms with Gasteiger partial charge in [0.2, 0.25) is 0 Å². The lowest BCUT2D eigenvalue weighted by Gasteiger charge is -2.42. The standard InChI is InChI=1S/C21H23N3O2S/c25-20(26)16-6-7-17-14-24(21(27)22-19(17)12-16)18-8-10-23(11-9-18)13-15-4-2-1-3-5-15/h1-7,12,18H,8-11,13-14H2,(H,22,27)(H,25,26). The first kappa shape index (κ1) is 17.9. The van der Waals surface area contributed by atoms with Crippen LogP contribution in [0.2, 0.25) is 0 Å². The van der Waals surface area contributed by atoms with E-state index in [9.17, 15) is 4.79 Å². The van der Waals surface area contributed by atoms with Gasteiger partial charge in [0, 0.05) is 37.9 Å². The number of rotatable bonds is 4. The molecule has 0 unspecified atom stereocenters. The van der Waals surface area contributed by atoms with Crippen molar-refractivity contribution in [2.75, 3.05) is 18.4 Å². The molecule has 0 atom stereocenters. The van der Waals surface area contributed by atoms with E-state index >= 15 is 0 Å². The fourth-order valence-corrected chi connectivity index (χ4v) is 4.26. The summed E-state index contributed by atoms with van der Waals surface area (Å²) in [5.74, 6) is -0.918. The molecule has 4 rings (SSSR count). The highest BCUT2D eigenvalue weighted by atomic mass is 32.1. The number of hydrogen-bond acceptors (Lipinski definition) is 3. The van der Waals surface area contributed by atoms with Crippen LogP contribution in [0.25, 0.3) is 0 Å². The van der Waals surface area contributed by atoms with Crippen molar-refractivity contribution >= 4 is 29.0 Å². The lowest BCUT2D eigenvalue weighted by molar-refractivity contribution is 0.0697. The van der Waals surface area contributed by atoms with Crippen molar-refractivity contribution in [1.29, 1.82) is 0 Å². The van der Waals surface area contributed by atoms with Gasteiger partial charge in [0.15, 0.2) is 5.11 Å². The second-order valence-electron chi connectivity index (χ2n) is 7.23. The summed E-state index contributed by atoms with van der Waals surface area (Å²) in [5.41, 5.74) is 3.55. The first-order valence-corrected chi connectivity index (χ1v) is 9.71. The number of anilines is 1. The summed E-state index contributed by atoms with van der Waals surface area (Å²) < 4.78 is 0. The summed E-state index contributed by atoms with van der Waals surface area (Å²) >= 11 is 5.58. The summed E-state index contributed by atoms with van der Waals surface area (Å²) in [5, 5.41) is 13.1.